The Balaban J connectivity index is 2.57. The lowest BCUT2D eigenvalue weighted by Gasteiger charge is -2.08. The molecule has 0 aromatic heterocycles. The average Bonchev–Trinajstić information content (AvgIpc) is 2.60. The first-order valence-corrected chi connectivity index (χ1v) is 7.80. The Kier molecular flexibility index (Phi) is 6.33. The van der Waals surface area contributed by atoms with Crippen molar-refractivity contribution in [1.29, 1.82) is 0 Å². The molecule has 0 amide bonds. The number of aryl methyl sites for hydroxylation is 1. The minimum absolute atomic E-state index is 0.0563. The molecule has 0 aliphatic carbocycles. The summed E-state index contributed by atoms with van der Waals surface area (Å²) >= 11 is 0. The molecule has 0 radical (unpaired) electrons. The highest BCUT2D eigenvalue weighted by Gasteiger charge is 2.21. The van der Waals surface area contributed by atoms with Gasteiger partial charge < -0.3 is 9.84 Å². The van der Waals surface area contributed by atoms with Gasteiger partial charge in [0.05, 0.1) is 17.9 Å². The number of benzene rings is 2. The zero-order valence-electron chi connectivity index (χ0n) is 14.4. The maximum absolute atomic E-state index is 13.9. The van der Waals surface area contributed by atoms with Gasteiger partial charge in [-0.05, 0) is 43.7 Å². The van der Waals surface area contributed by atoms with Gasteiger partial charge >= 0.3 is 5.97 Å². The van der Waals surface area contributed by atoms with Crippen LogP contribution >= 0.6 is 0 Å². The first-order valence-electron chi connectivity index (χ1n) is 7.80. The SMILES string of the molecule is CCOC(=O)/C(C=Nc1ccc(F)cc1C)=C(\O)c1cc(F)c(F)cc1F. The molecule has 0 fully saturated rings. The van der Waals surface area contributed by atoms with E-state index in [1.807, 2.05) is 0 Å². The molecule has 142 valence electrons. The highest BCUT2D eigenvalue weighted by atomic mass is 19.2. The number of ether oxygens (including phenoxy) is 1. The number of aliphatic hydroxyl groups excluding tert-OH is 1. The number of halogens is 4. The van der Waals surface area contributed by atoms with Crippen molar-refractivity contribution in [2.45, 2.75) is 13.8 Å². The van der Waals surface area contributed by atoms with E-state index >= 15 is 0 Å². The maximum atomic E-state index is 13.9. The molecule has 1 N–H and O–H groups in total. The van der Waals surface area contributed by atoms with Gasteiger partial charge in [0.1, 0.15) is 23.0 Å². The van der Waals surface area contributed by atoms with Crippen molar-refractivity contribution in [3.05, 3.63) is 70.3 Å². The summed E-state index contributed by atoms with van der Waals surface area (Å²) in [6, 6.07) is 4.33. The van der Waals surface area contributed by atoms with Crippen molar-refractivity contribution < 1.29 is 32.2 Å². The third kappa shape index (κ3) is 4.72. The van der Waals surface area contributed by atoms with E-state index in [4.69, 9.17) is 4.74 Å². The normalized spacial score (nSPS) is 12.2. The Morgan fingerprint density at radius 1 is 1.11 bits per heavy atom. The fourth-order valence-electron chi connectivity index (χ4n) is 2.17. The summed E-state index contributed by atoms with van der Waals surface area (Å²) in [5.41, 5.74) is -0.602. The second kappa shape index (κ2) is 8.48. The highest BCUT2D eigenvalue weighted by Crippen LogP contribution is 2.24. The number of carbonyl (C=O) groups is 1. The molecule has 0 aliphatic heterocycles. The largest absolute Gasteiger partial charge is 0.506 e. The molecule has 2 rings (SSSR count). The third-order valence-corrected chi connectivity index (χ3v) is 3.51. The molecule has 0 aliphatic rings. The Morgan fingerprint density at radius 3 is 2.41 bits per heavy atom. The predicted octanol–water partition coefficient (Wildman–Crippen LogP) is 4.79. The van der Waals surface area contributed by atoms with E-state index in [0.29, 0.717) is 11.6 Å². The predicted molar refractivity (Wildman–Crippen MR) is 91.8 cm³/mol. The summed E-state index contributed by atoms with van der Waals surface area (Å²) < 4.78 is 58.4. The number of nitrogens with zero attached hydrogens (tertiary/aromatic N) is 1. The lowest BCUT2D eigenvalue weighted by Crippen LogP contribution is -2.12. The van der Waals surface area contributed by atoms with Crippen molar-refractivity contribution in [2.75, 3.05) is 6.61 Å². The molecule has 0 bridgehead atoms. The van der Waals surface area contributed by atoms with Crippen LogP contribution in [0.5, 0.6) is 0 Å². The van der Waals surface area contributed by atoms with Gasteiger partial charge in [-0.2, -0.15) is 0 Å². The highest BCUT2D eigenvalue weighted by molar-refractivity contribution is 6.15. The zero-order chi connectivity index (χ0) is 20.1. The van der Waals surface area contributed by atoms with Crippen LogP contribution in [-0.4, -0.2) is 23.9 Å². The fraction of sp³-hybridized carbons (Fsp3) is 0.158. The Hall–Kier alpha value is -3.16. The molecule has 0 spiro atoms. The molecular formula is C19H15F4NO3. The Bertz CT molecular complexity index is 939. The number of hydrogen-bond acceptors (Lipinski definition) is 4. The van der Waals surface area contributed by atoms with Gasteiger partial charge in [-0.15, -0.1) is 0 Å². The minimum atomic E-state index is -1.45. The van der Waals surface area contributed by atoms with E-state index in [1.165, 1.54) is 19.1 Å². The monoisotopic (exact) mass is 381 g/mol. The lowest BCUT2D eigenvalue weighted by molar-refractivity contribution is -0.137. The smallest absolute Gasteiger partial charge is 0.343 e. The van der Waals surface area contributed by atoms with E-state index in [2.05, 4.69) is 4.99 Å². The summed E-state index contributed by atoms with van der Waals surface area (Å²) in [7, 11) is 0. The summed E-state index contributed by atoms with van der Waals surface area (Å²) in [6.07, 6.45) is 0.883. The summed E-state index contributed by atoms with van der Waals surface area (Å²) in [4.78, 5) is 16.1. The molecule has 2 aromatic carbocycles. The number of aliphatic imine (C=N–C) groups is 1. The molecule has 2 aromatic rings. The van der Waals surface area contributed by atoms with Crippen LogP contribution in [0.1, 0.15) is 18.1 Å². The number of rotatable bonds is 5. The van der Waals surface area contributed by atoms with Crippen LogP contribution in [0, 0.1) is 30.2 Å². The summed E-state index contributed by atoms with van der Waals surface area (Å²) in [5.74, 6) is -6.65. The molecule has 0 saturated heterocycles. The average molecular weight is 381 g/mol. The van der Waals surface area contributed by atoms with Crippen LogP contribution in [0.4, 0.5) is 23.2 Å². The first-order chi connectivity index (χ1) is 12.7. The van der Waals surface area contributed by atoms with Gasteiger partial charge in [-0.3, -0.25) is 4.99 Å². The minimum Gasteiger partial charge on any atom is -0.506 e. The van der Waals surface area contributed by atoms with E-state index < -0.39 is 46.1 Å². The van der Waals surface area contributed by atoms with Crippen molar-refractivity contribution >= 4 is 23.6 Å². The number of esters is 1. The van der Waals surface area contributed by atoms with E-state index in [-0.39, 0.29) is 18.4 Å². The molecule has 27 heavy (non-hydrogen) atoms. The molecular weight excluding hydrogens is 366 g/mol. The van der Waals surface area contributed by atoms with Crippen LogP contribution in [0.25, 0.3) is 5.76 Å². The molecule has 4 nitrogen and oxygen atoms in total. The van der Waals surface area contributed by atoms with Crippen molar-refractivity contribution in [1.82, 2.24) is 0 Å². The second-order valence-electron chi connectivity index (χ2n) is 5.42. The van der Waals surface area contributed by atoms with Gasteiger partial charge in [0.15, 0.2) is 11.6 Å². The van der Waals surface area contributed by atoms with Gasteiger partial charge in [-0.1, -0.05) is 0 Å². The number of hydrogen-bond donors (Lipinski definition) is 1. The van der Waals surface area contributed by atoms with E-state index in [1.54, 1.807) is 6.92 Å². The fourth-order valence-corrected chi connectivity index (χ4v) is 2.17. The summed E-state index contributed by atoms with van der Waals surface area (Å²) in [5, 5.41) is 10.3. The van der Waals surface area contributed by atoms with Crippen LogP contribution in [0.15, 0.2) is 40.9 Å². The second-order valence-corrected chi connectivity index (χ2v) is 5.42. The summed E-state index contributed by atoms with van der Waals surface area (Å²) in [6.45, 7) is 3.02. The van der Waals surface area contributed by atoms with Crippen molar-refractivity contribution in [3.63, 3.8) is 0 Å². The molecule has 0 heterocycles. The first kappa shape index (κ1) is 20.2. The maximum Gasteiger partial charge on any atom is 0.343 e. The van der Waals surface area contributed by atoms with E-state index in [0.717, 1.165) is 12.3 Å². The standard InChI is InChI=1S/C19H15F4NO3/c1-3-27-19(26)13(9-24-17-5-4-11(20)6-10(17)2)18(25)12-7-15(22)16(23)8-14(12)21/h4-9,25H,3H2,1-2H3/b18-13-,24-9?. The van der Waals surface area contributed by atoms with Crippen molar-refractivity contribution in [2.24, 2.45) is 4.99 Å². The number of aliphatic hydroxyl groups is 1. The van der Waals surface area contributed by atoms with Crippen LogP contribution in [0.3, 0.4) is 0 Å². The van der Waals surface area contributed by atoms with Gasteiger partial charge in [-0.25, -0.2) is 22.4 Å². The Morgan fingerprint density at radius 2 is 1.78 bits per heavy atom. The lowest BCUT2D eigenvalue weighted by atomic mass is 10.1. The third-order valence-electron chi connectivity index (χ3n) is 3.51. The van der Waals surface area contributed by atoms with Gasteiger partial charge in [0.25, 0.3) is 0 Å². The van der Waals surface area contributed by atoms with E-state index in [9.17, 15) is 27.5 Å². The number of carbonyl (C=O) groups excluding carboxylic acids is 1. The molecule has 0 atom stereocenters. The van der Waals surface area contributed by atoms with Gasteiger partial charge in [0, 0.05) is 12.3 Å². The van der Waals surface area contributed by atoms with Crippen molar-refractivity contribution in [3.8, 4) is 0 Å². The zero-order valence-corrected chi connectivity index (χ0v) is 14.4. The molecule has 0 saturated carbocycles. The van der Waals surface area contributed by atoms with Crippen LogP contribution < -0.4 is 0 Å². The topological polar surface area (TPSA) is 58.9 Å². The van der Waals surface area contributed by atoms with Gasteiger partial charge in [0.2, 0.25) is 0 Å². The Labute approximate surface area is 152 Å². The molecule has 8 heteroatoms. The molecule has 0 unspecified atom stereocenters. The quantitative estimate of drug-likeness (QED) is 0.202. The van der Waals surface area contributed by atoms with Crippen LogP contribution in [-0.2, 0) is 9.53 Å². The van der Waals surface area contributed by atoms with Crippen LogP contribution in [0.2, 0.25) is 0 Å².